The number of rotatable bonds is 13. The summed E-state index contributed by atoms with van der Waals surface area (Å²) in [6, 6.07) is 3.13. The first kappa shape index (κ1) is 27.9. The molecular formula is C33H54F2O. The molecule has 5 rings (SSSR count). The predicted octanol–water partition coefficient (Wildman–Crippen LogP) is 11.1. The van der Waals surface area contributed by atoms with Crippen molar-refractivity contribution in [1.29, 1.82) is 0 Å². The fraction of sp³-hybridized carbons (Fsp3) is 0.818. The third kappa shape index (κ3) is 6.47. The van der Waals surface area contributed by atoms with E-state index in [0.717, 1.165) is 43.6 Å². The number of fused-ring (bicyclic) bond motifs is 3. The highest BCUT2D eigenvalue weighted by atomic mass is 19.1. The predicted molar refractivity (Wildman–Crippen MR) is 149 cm³/mol. The van der Waals surface area contributed by atoms with Gasteiger partial charge in [0.05, 0.1) is 6.10 Å². The average molecular weight is 505 g/mol. The van der Waals surface area contributed by atoms with E-state index in [2.05, 4.69) is 13.8 Å². The Balaban J connectivity index is 0.00000380. The van der Waals surface area contributed by atoms with Crippen LogP contribution in [0.5, 0.6) is 5.75 Å². The average Bonchev–Trinajstić information content (AvgIpc) is 2.90. The number of hydrogen-bond acceptors (Lipinski definition) is 1. The minimum Gasteiger partial charge on any atom is -0.485 e. The molecule has 0 heterocycles. The van der Waals surface area contributed by atoms with Crippen molar-refractivity contribution in [1.82, 2.24) is 0 Å². The Labute approximate surface area is 221 Å². The van der Waals surface area contributed by atoms with Gasteiger partial charge in [-0.05, 0) is 131 Å². The zero-order valence-electron chi connectivity index (χ0n) is 23.5. The van der Waals surface area contributed by atoms with Crippen molar-refractivity contribution in [3.05, 3.63) is 29.3 Å². The van der Waals surface area contributed by atoms with Crippen LogP contribution in [0.1, 0.15) is 156 Å². The van der Waals surface area contributed by atoms with Crippen molar-refractivity contribution in [3.63, 3.8) is 0 Å². The highest BCUT2D eigenvalue weighted by molar-refractivity contribution is 5.33. The third-order valence-corrected chi connectivity index (χ3v) is 10.6. The Hall–Kier alpha value is -1.12. The number of ether oxygens (including phenoxy) is 1. The molecule has 1 unspecified atom stereocenters. The molecule has 4 aliphatic carbocycles. The van der Waals surface area contributed by atoms with Crippen LogP contribution in [0.4, 0.5) is 8.78 Å². The number of hydrogen-bond donors (Lipinski definition) is 0. The Morgan fingerprint density at radius 3 is 2.00 bits per heavy atom. The van der Waals surface area contributed by atoms with E-state index in [0.29, 0.717) is 10.8 Å². The second-order valence-electron chi connectivity index (χ2n) is 13.0. The van der Waals surface area contributed by atoms with E-state index < -0.39 is 11.6 Å². The van der Waals surface area contributed by atoms with Crippen molar-refractivity contribution in [3.8, 4) is 5.75 Å². The summed E-state index contributed by atoms with van der Waals surface area (Å²) in [6.45, 7) is 6.41. The Bertz CT molecular complexity index is 784. The zero-order valence-corrected chi connectivity index (χ0v) is 23.5. The van der Waals surface area contributed by atoms with E-state index in [9.17, 15) is 8.78 Å². The van der Waals surface area contributed by atoms with E-state index in [1.54, 1.807) is 12.1 Å². The molecule has 2 bridgehead atoms. The molecule has 4 fully saturated rings. The first-order valence-electron chi connectivity index (χ1n) is 15.6. The molecule has 0 radical (unpaired) electrons. The molecule has 4 saturated carbocycles. The molecule has 0 aromatic heterocycles. The van der Waals surface area contributed by atoms with Crippen LogP contribution in [0.3, 0.4) is 0 Å². The minimum atomic E-state index is -0.523. The first-order valence-corrected chi connectivity index (χ1v) is 15.6. The molecule has 1 aromatic rings. The maximum Gasteiger partial charge on any atom is 0.191 e. The molecule has 0 saturated heterocycles. The summed E-state index contributed by atoms with van der Waals surface area (Å²) in [5.41, 5.74) is 2.07. The Morgan fingerprint density at radius 1 is 0.833 bits per heavy atom. The topological polar surface area (TPSA) is 9.23 Å². The van der Waals surface area contributed by atoms with Crippen LogP contribution in [-0.4, -0.2) is 6.10 Å². The van der Waals surface area contributed by atoms with Crippen molar-refractivity contribution in [2.24, 2.45) is 16.7 Å². The molecule has 0 spiro atoms. The van der Waals surface area contributed by atoms with Crippen LogP contribution in [0.25, 0.3) is 0 Å². The third-order valence-electron chi connectivity index (χ3n) is 10.6. The molecule has 0 amide bonds. The lowest BCUT2D eigenvalue weighted by molar-refractivity contribution is -0.0630. The van der Waals surface area contributed by atoms with Crippen LogP contribution in [0.2, 0.25) is 0 Å². The molecule has 3 heteroatoms. The van der Waals surface area contributed by atoms with Crippen molar-refractivity contribution >= 4 is 0 Å². The lowest BCUT2D eigenvalue weighted by Gasteiger charge is -2.58. The lowest BCUT2D eigenvalue weighted by atomic mass is 9.47. The molecule has 0 aliphatic heterocycles. The summed E-state index contributed by atoms with van der Waals surface area (Å²) in [5.74, 6) is -0.132. The van der Waals surface area contributed by atoms with Gasteiger partial charge in [-0.15, -0.1) is 0 Å². The van der Waals surface area contributed by atoms with E-state index in [-0.39, 0.29) is 19.2 Å². The molecular weight excluding hydrogens is 450 g/mol. The van der Waals surface area contributed by atoms with E-state index in [1.807, 2.05) is 6.92 Å². The van der Waals surface area contributed by atoms with Crippen LogP contribution >= 0.6 is 0 Å². The van der Waals surface area contributed by atoms with Crippen LogP contribution < -0.4 is 4.74 Å². The highest BCUT2D eigenvalue weighted by Crippen LogP contribution is 2.63. The number of halogens is 2. The van der Waals surface area contributed by atoms with Crippen LogP contribution in [0, 0.1) is 28.4 Å². The second kappa shape index (κ2) is 12.6. The summed E-state index contributed by atoms with van der Waals surface area (Å²) < 4.78 is 35.6. The Morgan fingerprint density at radius 2 is 1.42 bits per heavy atom. The molecule has 206 valence electrons. The number of unbranched alkanes of at least 4 members (excludes halogenated alkanes) is 5. The van der Waals surface area contributed by atoms with Crippen molar-refractivity contribution in [2.75, 3.05) is 0 Å². The van der Waals surface area contributed by atoms with Gasteiger partial charge < -0.3 is 4.74 Å². The van der Waals surface area contributed by atoms with Crippen LogP contribution in [0.15, 0.2) is 12.1 Å². The van der Waals surface area contributed by atoms with Gasteiger partial charge in [0.1, 0.15) is 0 Å². The van der Waals surface area contributed by atoms with Gasteiger partial charge in [-0.1, -0.05) is 52.4 Å². The summed E-state index contributed by atoms with van der Waals surface area (Å²) in [5, 5.41) is 0. The largest absolute Gasteiger partial charge is 0.485 e. The van der Waals surface area contributed by atoms with Gasteiger partial charge in [-0.3, -0.25) is 0 Å². The molecule has 1 aromatic carbocycles. The Kier molecular flexibility index (Phi) is 9.78. The van der Waals surface area contributed by atoms with E-state index in [4.69, 9.17) is 4.74 Å². The van der Waals surface area contributed by atoms with Gasteiger partial charge in [0.2, 0.25) is 0 Å². The van der Waals surface area contributed by atoms with Gasteiger partial charge in [-0.2, -0.15) is 0 Å². The van der Waals surface area contributed by atoms with Gasteiger partial charge in [0.25, 0.3) is 0 Å². The first-order chi connectivity index (χ1) is 17.4. The van der Waals surface area contributed by atoms with Crippen LogP contribution in [-0.2, 0) is 0 Å². The zero-order chi connectivity index (χ0) is 25.6. The maximum atomic E-state index is 14.9. The SMILES string of the molecule is CCCCCCC(C)Oc1c(F)cc(C2CCC(C34CCC(CCCCC)(CC3)CC4)CC2)cc1F.[HH]. The van der Waals surface area contributed by atoms with Gasteiger partial charge in [0, 0.05) is 1.43 Å². The summed E-state index contributed by atoms with van der Waals surface area (Å²) in [6.07, 6.45) is 24.1. The molecule has 36 heavy (non-hydrogen) atoms. The monoisotopic (exact) mass is 504 g/mol. The summed E-state index contributed by atoms with van der Waals surface area (Å²) >= 11 is 0. The van der Waals surface area contributed by atoms with Crippen molar-refractivity contribution < 1.29 is 14.9 Å². The maximum absolute atomic E-state index is 14.9. The minimum absolute atomic E-state index is 0. The normalized spacial score (nSPS) is 30.9. The molecule has 0 N–H and O–H groups in total. The van der Waals surface area contributed by atoms with E-state index in [1.165, 1.54) is 89.9 Å². The highest BCUT2D eigenvalue weighted by Gasteiger charge is 2.51. The quantitative estimate of drug-likeness (QED) is 0.243. The fourth-order valence-electron chi connectivity index (χ4n) is 8.12. The van der Waals surface area contributed by atoms with Gasteiger partial charge >= 0.3 is 0 Å². The number of benzene rings is 1. The summed E-state index contributed by atoms with van der Waals surface area (Å²) in [4.78, 5) is 0. The van der Waals surface area contributed by atoms with E-state index >= 15 is 0 Å². The lowest BCUT2D eigenvalue weighted by Crippen LogP contribution is -2.46. The molecule has 1 nitrogen and oxygen atoms in total. The van der Waals surface area contributed by atoms with Gasteiger partial charge in [0.15, 0.2) is 17.4 Å². The fourth-order valence-corrected chi connectivity index (χ4v) is 8.12. The van der Waals surface area contributed by atoms with Crippen molar-refractivity contribution in [2.45, 2.75) is 155 Å². The standard InChI is InChI=1S/C33H52F2O.H2/c1-4-6-8-9-11-25(3)36-31-29(34)23-27(24-30(31)35)26-12-14-28(15-13-26)33-20-17-32(18-21-33,19-22-33)16-10-7-5-2;/h23-26,28H,4-22H2,1-3H3;1H. The van der Waals surface area contributed by atoms with Gasteiger partial charge in [-0.25, -0.2) is 8.78 Å². The second-order valence-corrected chi connectivity index (χ2v) is 13.0. The summed E-state index contributed by atoms with van der Waals surface area (Å²) in [7, 11) is 0. The molecule has 1 atom stereocenters. The molecule has 4 aliphatic rings. The smallest absolute Gasteiger partial charge is 0.191 e.